The molecule has 5 heteroatoms. The Kier molecular flexibility index (Phi) is 4.88. The topological polar surface area (TPSA) is 75.3 Å². The summed E-state index contributed by atoms with van der Waals surface area (Å²) < 4.78 is 13.2. The minimum atomic E-state index is -0.916. The first-order chi connectivity index (χ1) is 7.65. The summed E-state index contributed by atoms with van der Waals surface area (Å²) in [6, 6.07) is 5.46. The van der Waals surface area contributed by atoms with E-state index in [2.05, 4.69) is 5.32 Å². The summed E-state index contributed by atoms with van der Waals surface area (Å²) in [4.78, 5) is 11.2. The second-order valence-electron chi connectivity index (χ2n) is 3.42. The smallest absolute Gasteiger partial charge is 0.239 e. The number of rotatable bonds is 5. The van der Waals surface area contributed by atoms with Gasteiger partial charge < -0.3 is 16.2 Å². The van der Waals surface area contributed by atoms with E-state index < -0.39 is 18.6 Å². The van der Waals surface area contributed by atoms with Crippen LogP contribution in [0.15, 0.2) is 24.3 Å². The molecule has 0 fully saturated rings. The lowest BCUT2D eigenvalue weighted by atomic mass is 10.1. The molecule has 1 aromatic carbocycles. The summed E-state index contributed by atoms with van der Waals surface area (Å²) in [6.45, 7) is -0.0982. The summed E-state index contributed by atoms with van der Waals surface area (Å²) >= 11 is 0. The maximum Gasteiger partial charge on any atom is 0.239 e. The standard InChI is InChI=1S/C11H15FN2O2/c12-9-4-2-1-3-8(9)5-6-14-11(16)10(13)7-15/h1-4,10,15H,5-7,13H2,(H,14,16). The fraction of sp³-hybridized carbons (Fsp3) is 0.364. The van der Waals surface area contributed by atoms with Crippen LogP contribution in [0.5, 0.6) is 0 Å². The highest BCUT2D eigenvalue weighted by Crippen LogP contribution is 2.05. The van der Waals surface area contributed by atoms with Crippen molar-refractivity contribution >= 4 is 5.91 Å². The van der Waals surface area contributed by atoms with Crippen LogP contribution in [-0.4, -0.2) is 30.2 Å². The lowest BCUT2D eigenvalue weighted by Gasteiger charge is -2.09. The van der Waals surface area contributed by atoms with Crippen LogP contribution in [-0.2, 0) is 11.2 Å². The van der Waals surface area contributed by atoms with E-state index in [1.54, 1.807) is 18.2 Å². The van der Waals surface area contributed by atoms with Gasteiger partial charge in [0.2, 0.25) is 5.91 Å². The van der Waals surface area contributed by atoms with Crippen molar-refractivity contribution < 1.29 is 14.3 Å². The van der Waals surface area contributed by atoms with E-state index in [9.17, 15) is 9.18 Å². The maximum absolute atomic E-state index is 13.2. The summed E-state index contributed by atoms with van der Waals surface area (Å²) in [5, 5.41) is 11.1. The Labute approximate surface area is 93.3 Å². The first-order valence-corrected chi connectivity index (χ1v) is 5.02. The lowest BCUT2D eigenvalue weighted by Crippen LogP contribution is -2.43. The number of nitrogens with one attached hydrogen (secondary N) is 1. The molecule has 16 heavy (non-hydrogen) atoms. The number of hydrogen-bond donors (Lipinski definition) is 3. The Balaban J connectivity index is 2.36. The van der Waals surface area contributed by atoms with Crippen molar-refractivity contribution in [2.75, 3.05) is 13.2 Å². The Morgan fingerprint density at radius 2 is 2.19 bits per heavy atom. The molecule has 0 saturated heterocycles. The molecule has 1 amide bonds. The molecule has 88 valence electrons. The first kappa shape index (κ1) is 12.6. The van der Waals surface area contributed by atoms with Crippen LogP contribution in [0.25, 0.3) is 0 Å². The fourth-order valence-corrected chi connectivity index (χ4v) is 1.24. The predicted octanol–water partition coefficient (Wildman–Crippen LogP) is -0.196. The molecular formula is C11H15FN2O2. The molecule has 1 unspecified atom stereocenters. The molecule has 1 rings (SSSR count). The monoisotopic (exact) mass is 226 g/mol. The van der Waals surface area contributed by atoms with Crippen molar-refractivity contribution in [3.8, 4) is 0 Å². The van der Waals surface area contributed by atoms with Gasteiger partial charge in [-0.05, 0) is 18.1 Å². The number of carbonyl (C=O) groups excluding carboxylic acids is 1. The maximum atomic E-state index is 13.2. The van der Waals surface area contributed by atoms with Gasteiger partial charge in [0.05, 0.1) is 6.61 Å². The average molecular weight is 226 g/mol. The number of nitrogens with two attached hydrogens (primary N) is 1. The first-order valence-electron chi connectivity index (χ1n) is 5.02. The van der Waals surface area contributed by atoms with Crippen LogP contribution >= 0.6 is 0 Å². The van der Waals surface area contributed by atoms with Gasteiger partial charge in [0, 0.05) is 6.54 Å². The number of hydrogen-bond acceptors (Lipinski definition) is 3. The predicted molar refractivity (Wildman–Crippen MR) is 58.2 cm³/mol. The molecule has 0 bridgehead atoms. The van der Waals surface area contributed by atoms with Crippen LogP contribution in [0, 0.1) is 5.82 Å². The molecule has 1 atom stereocenters. The van der Waals surface area contributed by atoms with Crippen LogP contribution in [0.2, 0.25) is 0 Å². The van der Waals surface area contributed by atoms with E-state index in [-0.39, 0.29) is 5.82 Å². The van der Waals surface area contributed by atoms with E-state index in [4.69, 9.17) is 10.8 Å². The second-order valence-corrected chi connectivity index (χ2v) is 3.42. The van der Waals surface area contributed by atoms with E-state index >= 15 is 0 Å². The van der Waals surface area contributed by atoms with Gasteiger partial charge in [-0.2, -0.15) is 0 Å². The molecule has 1 aromatic rings. The zero-order chi connectivity index (χ0) is 12.0. The SMILES string of the molecule is NC(CO)C(=O)NCCc1ccccc1F. The molecular weight excluding hydrogens is 211 g/mol. The number of carbonyl (C=O) groups is 1. The van der Waals surface area contributed by atoms with Crippen molar-refractivity contribution in [2.45, 2.75) is 12.5 Å². The molecule has 0 heterocycles. The number of aliphatic hydroxyl groups is 1. The number of halogens is 1. The van der Waals surface area contributed by atoms with Crippen LogP contribution in [0.4, 0.5) is 4.39 Å². The molecule has 0 aromatic heterocycles. The van der Waals surface area contributed by atoms with Gasteiger partial charge in [-0.3, -0.25) is 4.79 Å². The summed E-state index contributed by atoms with van der Waals surface area (Å²) in [5.41, 5.74) is 5.83. The third-order valence-corrected chi connectivity index (χ3v) is 2.18. The molecule has 0 aliphatic rings. The van der Waals surface area contributed by atoms with Gasteiger partial charge in [-0.15, -0.1) is 0 Å². The largest absolute Gasteiger partial charge is 0.394 e. The Morgan fingerprint density at radius 3 is 2.81 bits per heavy atom. The lowest BCUT2D eigenvalue weighted by molar-refractivity contribution is -0.123. The van der Waals surface area contributed by atoms with E-state index in [1.807, 2.05) is 0 Å². The van der Waals surface area contributed by atoms with Gasteiger partial charge in [0.1, 0.15) is 11.9 Å². The Bertz CT molecular complexity index is 358. The number of aliphatic hydroxyl groups excluding tert-OH is 1. The normalized spacial score (nSPS) is 12.2. The quantitative estimate of drug-likeness (QED) is 0.651. The third kappa shape index (κ3) is 3.60. The van der Waals surface area contributed by atoms with Gasteiger partial charge in [0.15, 0.2) is 0 Å². The Morgan fingerprint density at radius 1 is 1.50 bits per heavy atom. The Hall–Kier alpha value is -1.46. The summed E-state index contributed by atoms with van der Waals surface area (Å²) in [5.74, 6) is -0.720. The zero-order valence-corrected chi connectivity index (χ0v) is 8.82. The second kappa shape index (κ2) is 6.19. The molecule has 0 aliphatic heterocycles. The minimum absolute atomic E-state index is 0.289. The van der Waals surface area contributed by atoms with Gasteiger partial charge in [-0.25, -0.2) is 4.39 Å². The van der Waals surface area contributed by atoms with Crippen molar-refractivity contribution in [1.82, 2.24) is 5.32 Å². The highest BCUT2D eigenvalue weighted by Gasteiger charge is 2.10. The van der Waals surface area contributed by atoms with Crippen LogP contribution in [0.1, 0.15) is 5.56 Å². The average Bonchev–Trinajstić information content (AvgIpc) is 2.30. The van der Waals surface area contributed by atoms with Crippen molar-refractivity contribution in [3.63, 3.8) is 0 Å². The van der Waals surface area contributed by atoms with Gasteiger partial charge in [0.25, 0.3) is 0 Å². The highest BCUT2D eigenvalue weighted by atomic mass is 19.1. The van der Waals surface area contributed by atoms with E-state index in [0.29, 0.717) is 18.5 Å². The molecule has 0 radical (unpaired) electrons. The number of benzene rings is 1. The molecule has 4 N–H and O–H groups in total. The minimum Gasteiger partial charge on any atom is -0.394 e. The molecule has 0 spiro atoms. The van der Waals surface area contributed by atoms with Crippen LogP contribution in [0.3, 0.4) is 0 Å². The molecule has 0 aliphatic carbocycles. The molecule has 0 saturated carbocycles. The molecule has 4 nitrogen and oxygen atoms in total. The third-order valence-electron chi connectivity index (χ3n) is 2.18. The number of amides is 1. The zero-order valence-electron chi connectivity index (χ0n) is 8.82. The summed E-state index contributed by atoms with van der Waals surface area (Å²) in [7, 11) is 0. The van der Waals surface area contributed by atoms with E-state index in [1.165, 1.54) is 6.07 Å². The van der Waals surface area contributed by atoms with Crippen molar-refractivity contribution in [3.05, 3.63) is 35.6 Å². The fourth-order valence-electron chi connectivity index (χ4n) is 1.24. The van der Waals surface area contributed by atoms with E-state index in [0.717, 1.165) is 0 Å². The van der Waals surface area contributed by atoms with Gasteiger partial charge >= 0.3 is 0 Å². The summed E-state index contributed by atoms with van der Waals surface area (Å²) in [6.07, 6.45) is 0.399. The van der Waals surface area contributed by atoms with Crippen LogP contribution < -0.4 is 11.1 Å². The van der Waals surface area contributed by atoms with Gasteiger partial charge in [-0.1, -0.05) is 18.2 Å². The highest BCUT2D eigenvalue weighted by molar-refractivity contribution is 5.81. The van der Waals surface area contributed by atoms with Crippen molar-refractivity contribution in [1.29, 1.82) is 0 Å². The van der Waals surface area contributed by atoms with Crippen molar-refractivity contribution in [2.24, 2.45) is 5.73 Å².